The van der Waals surface area contributed by atoms with Crippen LogP contribution in [-0.2, 0) is 19.6 Å². The van der Waals surface area contributed by atoms with Crippen LogP contribution in [0.25, 0.3) is 0 Å². The van der Waals surface area contributed by atoms with E-state index >= 15 is 0 Å². The predicted molar refractivity (Wildman–Crippen MR) is 110 cm³/mol. The van der Waals surface area contributed by atoms with E-state index in [1.165, 1.54) is 11.0 Å². The van der Waals surface area contributed by atoms with Crippen LogP contribution in [0, 0.1) is 11.7 Å². The molecule has 2 N–H and O–H groups in total. The van der Waals surface area contributed by atoms with Crippen molar-refractivity contribution in [1.29, 1.82) is 0 Å². The van der Waals surface area contributed by atoms with E-state index in [1.54, 1.807) is 12.1 Å². The third kappa shape index (κ3) is 7.15. The van der Waals surface area contributed by atoms with Crippen molar-refractivity contribution in [3.05, 3.63) is 29.6 Å². The highest BCUT2D eigenvalue weighted by Crippen LogP contribution is 2.31. The molecule has 1 atom stereocenters. The van der Waals surface area contributed by atoms with Crippen LogP contribution in [0.1, 0.15) is 44.2 Å². The third-order valence-electron chi connectivity index (χ3n) is 5.08. The largest absolute Gasteiger partial charge is 0.490 e. The lowest BCUT2D eigenvalue weighted by Gasteiger charge is -2.19. The zero-order valence-corrected chi connectivity index (χ0v) is 18.3. The number of halogens is 1. The van der Waals surface area contributed by atoms with Crippen LogP contribution in [-0.4, -0.2) is 57.5 Å². The lowest BCUT2D eigenvalue weighted by molar-refractivity contribution is -0.118. The lowest BCUT2D eigenvalue weighted by atomic mass is 10.1. The van der Waals surface area contributed by atoms with E-state index in [0.717, 1.165) is 12.8 Å². The van der Waals surface area contributed by atoms with E-state index in [9.17, 15) is 22.4 Å². The second kappa shape index (κ2) is 10.4. The highest BCUT2D eigenvalue weighted by Gasteiger charge is 2.26. The van der Waals surface area contributed by atoms with Crippen molar-refractivity contribution in [1.82, 2.24) is 14.9 Å². The molecule has 1 saturated carbocycles. The monoisotopic (exact) mass is 457 g/mol. The first kappa shape index (κ1) is 23.4. The Morgan fingerprint density at radius 3 is 2.74 bits per heavy atom. The van der Waals surface area contributed by atoms with Crippen LogP contribution in [0.4, 0.5) is 9.18 Å². The summed E-state index contributed by atoms with van der Waals surface area (Å²) in [5.41, 5.74) is 0.638. The second-order valence-electron chi connectivity index (χ2n) is 7.78. The number of carbonyl (C=O) groups excluding carboxylic acids is 2. The first-order valence-electron chi connectivity index (χ1n) is 10.4. The van der Waals surface area contributed by atoms with Crippen molar-refractivity contribution >= 4 is 22.0 Å². The van der Waals surface area contributed by atoms with Gasteiger partial charge in [0, 0.05) is 12.6 Å². The molecule has 1 aromatic rings. The molecule has 11 heteroatoms. The Bertz CT molecular complexity index is 906. The number of carbonyl (C=O) groups is 2. The topological polar surface area (TPSA) is 114 Å². The predicted octanol–water partition coefficient (Wildman–Crippen LogP) is 1.90. The van der Waals surface area contributed by atoms with Crippen molar-refractivity contribution in [2.75, 3.05) is 32.2 Å². The second-order valence-corrected chi connectivity index (χ2v) is 9.66. The fraction of sp³-hybridized carbons (Fsp3) is 0.600. The van der Waals surface area contributed by atoms with Crippen molar-refractivity contribution < 1.29 is 31.9 Å². The minimum absolute atomic E-state index is 0.0686. The van der Waals surface area contributed by atoms with Gasteiger partial charge in [-0.25, -0.2) is 22.3 Å². The van der Waals surface area contributed by atoms with Gasteiger partial charge >= 0.3 is 6.03 Å². The number of ether oxygens (including phenoxy) is 2. The first-order chi connectivity index (χ1) is 14.8. The average molecular weight is 458 g/mol. The number of nitrogens with zero attached hydrogens (tertiary/aromatic N) is 1. The summed E-state index contributed by atoms with van der Waals surface area (Å²) in [6, 6.07) is 3.38. The zero-order valence-electron chi connectivity index (χ0n) is 17.4. The minimum atomic E-state index is -3.61. The summed E-state index contributed by atoms with van der Waals surface area (Å²) in [4.78, 5) is 23.7. The molecule has 3 rings (SSSR count). The molecule has 1 aliphatic carbocycles. The Morgan fingerprint density at radius 1 is 1.32 bits per heavy atom. The van der Waals surface area contributed by atoms with Crippen LogP contribution in [0.2, 0.25) is 0 Å². The number of imide groups is 1. The number of hydrogen-bond donors (Lipinski definition) is 2. The number of amides is 3. The van der Waals surface area contributed by atoms with Gasteiger partial charge in [0.2, 0.25) is 15.9 Å². The van der Waals surface area contributed by atoms with Crippen LogP contribution in [0.15, 0.2) is 18.2 Å². The molecule has 1 heterocycles. The number of urea groups is 1. The van der Waals surface area contributed by atoms with E-state index in [2.05, 4.69) is 10.0 Å². The molecule has 0 spiro atoms. The molecule has 2 aliphatic rings. The van der Waals surface area contributed by atoms with Gasteiger partial charge in [-0.2, -0.15) is 0 Å². The zero-order chi connectivity index (χ0) is 22.4. The van der Waals surface area contributed by atoms with Gasteiger partial charge in [-0.1, -0.05) is 13.0 Å². The number of benzene rings is 1. The molecule has 3 amide bonds. The molecule has 0 bridgehead atoms. The maximum Gasteiger partial charge on any atom is 0.326 e. The Labute approximate surface area is 181 Å². The summed E-state index contributed by atoms with van der Waals surface area (Å²) < 4.78 is 52.5. The molecule has 1 unspecified atom stereocenters. The average Bonchev–Trinajstić information content (AvgIpc) is 3.49. The molecule has 0 aromatic heterocycles. The summed E-state index contributed by atoms with van der Waals surface area (Å²) in [6.07, 6.45) is 2.88. The summed E-state index contributed by atoms with van der Waals surface area (Å²) in [5, 5.41) is 2.13. The molecule has 1 saturated heterocycles. The molecule has 172 valence electrons. The normalized spacial score (nSPS) is 17.7. The maximum absolute atomic E-state index is 14.0. The van der Waals surface area contributed by atoms with Gasteiger partial charge in [-0.15, -0.1) is 0 Å². The van der Waals surface area contributed by atoms with E-state index in [0.29, 0.717) is 24.5 Å². The quantitative estimate of drug-likeness (QED) is 0.345. The van der Waals surface area contributed by atoms with Crippen molar-refractivity contribution in [3.8, 4) is 5.75 Å². The van der Waals surface area contributed by atoms with Gasteiger partial charge in [-0.3, -0.25) is 15.0 Å². The summed E-state index contributed by atoms with van der Waals surface area (Å²) in [5.74, 6) is -0.410. The van der Waals surface area contributed by atoms with E-state index in [-0.39, 0.29) is 37.8 Å². The molecule has 2 fully saturated rings. The van der Waals surface area contributed by atoms with E-state index in [1.807, 2.05) is 6.92 Å². The number of sulfonamides is 1. The van der Waals surface area contributed by atoms with Crippen LogP contribution >= 0.6 is 0 Å². The lowest BCUT2D eigenvalue weighted by Crippen LogP contribution is -2.32. The van der Waals surface area contributed by atoms with Crippen molar-refractivity contribution in [3.63, 3.8) is 0 Å². The molecule has 9 nitrogen and oxygen atoms in total. The SMILES string of the molecule is CCC(NS(=O)(=O)CCCOCN1CC(=O)NC1=O)c1ccc(F)c(OCC2CC2)c1. The van der Waals surface area contributed by atoms with E-state index < -0.39 is 33.8 Å². The fourth-order valence-corrected chi connectivity index (χ4v) is 4.47. The van der Waals surface area contributed by atoms with Gasteiger partial charge in [0.1, 0.15) is 13.3 Å². The van der Waals surface area contributed by atoms with E-state index in [4.69, 9.17) is 9.47 Å². The minimum Gasteiger partial charge on any atom is -0.490 e. The Morgan fingerprint density at radius 2 is 2.10 bits per heavy atom. The highest BCUT2D eigenvalue weighted by molar-refractivity contribution is 7.89. The number of rotatable bonds is 13. The van der Waals surface area contributed by atoms with Crippen molar-refractivity contribution in [2.45, 2.75) is 38.6 Å². The summed E-state index contributed by atoms with van der Waals surface area (Å²) in [6.45, 7) is 2.27. The van der Waals surface area contributed by atoms with Crippen LogP contribution < -0.4 is 14.8 Å². The molecule has 1 aliphatic heterocycles. The standard InChI is InChI=1S/C20H28FN3O6S/c1-2-17(15-6-7-16(21)18(10-15)30-12-14-4-5-14)23-31(27,28)9-3-8-29-13-24-11-19(25)22-20(24)26/h6-7,10,14,17,23H,2-5,8-9,11-13H2,1H3,(H,22,25,26). The van der Waals surface area contributed by atoms with Crippen LogP contribution in [0.3, 0.4) is 0 Å². The molecular weight excluding hydrogens is 429 g/mol. The Balaban J connectivity index is 1.46. The fourth-order valence-electron chi connectivity index (χ4n) is 3.12. The Hall–Kier alpha value is -2.24. The molecular formula is C20H28FN3O6S. The smallest absolute Gasteiger partial charge is 0.326 e. The molecule has 31 heavy (non-hydrogen) atoms. The third-order valence-corrected chi connectivity index (χ3v) is 6.55. The van der Waals surface area contributed by atoms with Crippen LogP contribution in [0.5, 0.6) is 5.75 Å². The number of nitrogens with one attached hydrogen (secondary N) is 2. The first-order valence-corrected chi connectivity index (χ1v) is 12.0. The van der Waals surface area contributed by atoms with Gasteiger partial charge < -0.3 is 9.47 Å². The Kier molecular flexibility index (Phi) is 7.84. The summed E-state index contributed by atoms with van der Waals surface area (Å²) >= 11 is 0. The van der Waals surface area contributed by atoms with Gasteiger partial charge in [0.05, 0.1) is 12.4 Å². The molecule has 0 radical (unpaired) electrons. The number of hydrogen-bond acceptors (Lipinski definition) is 6. The highest BCUT2D eigenvalue weighted by atomic mass is 32.2. The van der Waals surface area contributed by atoms with Gasteiger partial charge in [-0.05, 0) is 49.3 Å². The summed E-state index contributed by atoms with van der Waals surface area (Å²) in [7, 11) is -3.61. The van der Waals surface area contributed by atoms with Gasteiger partial charge in [0.25, 0.3) is 0 Å². The molecule has 1 aromatic carbocycles. The van der Waals surface area contributed by atoms with Crippen molar-refractivity contribution in [2.24, 2.45) is 5.92 Å². The van der Waals surface area contributed by atoms with Gasteiger partial charge in [0.15, 0.2) is 11.6 Å². The maximum atomic E-state index is 14.0.